The molecule has 3 aromatic rings. The van der Waals surface area contributed by atoms with E-state index in [1.54, 1.807) is 24.3 Å². The highest BCUT2D eigenvalue weighted by atomic mass is 32.2. The molecule has 0 atom stereocenters. The first-order valence-electron chi connectivity index (χ1n) is 10.4. The summed E-state index contributed by atoms with van der Waals surface area (Å²) < 4.78 is 33.1. The minimum atomic E-state index is -3.73. The Morgan fingerprint density at radius 2 is 1.58 bits per heavy atom. The molecule has 0 radical (unpaired) electrons. The second-order valence-corrected chi connectivity index (χ2v) is 9.73. The predicted molar refractivity (Wildman–Crippen MR) is 126 cm³/mol. The lowest BCUT2D eigenvalue weighted by atomic mass is 9.98. The van der Waals surface area contributed by atoms with Crippen molar-refractivity contribution in [2.24, 2.45) is 0 Å². The SMILES string of the molecule is Cc1ccc(NS(=O)(=O)c2ccc(OCC(=O)Nc3ccc(C4(C#N)CC4)cc3)cc2)cc1. The third-order valence-electron chi connectivity index (χ3n) is 5.49. The Morgan fingerprint density at radius 1 is 0.970 bits per heavy atom. The van der Waals surface area contributed by atoms with Crippen molar-refractivity contribution in [3.8, 4) is 11.8 Å². The minimum Gasteiger partial charge on any atom is -0.484 e. The average molecular weight is 462 g/mol. The van der Waals surface area contributed by atoms with Crippen LogP contribution >= 0.6 is 0 Å². The number of nitrogens with zero attached hydrogens (tertiary/aromatic N) is 1. The van der Waals surface area contributed by atoms with Gasteiger partial charge in [-0.05, 0) is 73.9 Å². The maximum atomic E-state index is 12.5. The first-order valence-corrected chi connectivity index (χ1v) is 11.9. The highest BCUT2D eigenvalue weighted by Crippen LogP contribution is 2.47. The van der Waals surface area contributed by atoms with E-state index in [9.17, 15) is 18.5 Å². The third-order valence-corrected chi connectivity index (χ3v) is 6.89. The van der Waals surface area contributed by atoms with Gasteiger partial charge in [-0.25, -0.2) is 8.42 Å². The summed E-state index contributed by atoms with van der Waals surface area (Å²) in [5, 5.41) is 12.0. The van der Waals surface area contributed by atoms with Crippen molar-refractivity contribution >= 4 is 27.3 Å². The van der Waals surface area contributed by atoms with Crippen LogP contribution in [0.25, 0.3) is 0 Å². The Morgan fingerprint density at radius 3 is 2.15 bits per heavy atom. The van der Waals surface area contributed by atoms with E-state index in [0.717, 1.165) is 24.0 Å². The molecule has 8 heteroatoms. The summed E-state index contributed by atoms with van der Waals surface area (Å²) in [6.07, 6.45) is 1.73. The maximum absolute atomic E-state index is 12.5. The van der Waals surface area contributed by atoms with Crippen LogP contribution in [0.1, 0.15) is 24.0 Å². The molecule has 0 saturated heterocycles. The van der Waals surface area contributed by atoms with Gasteiger partial charge < -0.3 is 10.1 Å². The summed E-state index contributed by atoms with van der Waals surface area (Å²) in [5.41, 5.74) is 2.73. The maximum Gasteiger partial charge on any atom is 0.262 e. The summed E-state index contributed by atoms with van der Waals surface area (Å²) in [7, 11) is -3.73. The largest absolute Gasteiger partial charge is 0.484 e. The molecule has 0 bridgehead atoms. The fraction of sp³-hybridized carbons (Fsp3) is 0.200. The number of hydrogen-bond acceptors (Lipinski definition) is 5. The molecule has 0 spiro atoms. The van der Waals surface area contributed by atoms with Gasteiger partial charge in [-0.15, -0.1) is 0 Å². The van der Waals surface area contributed by atoms with Crippen molar-refractivity contribution in [1.82, 2.24) is 0 Å². The van der Waals surface area contributed by atoms with Crippen molar-refractivity contribution in [3.63, 3.8) is 0 Å². The molecule has 3 aromatic carbocycles. The molecule has 0 unspecified atom stereocenters. The van der Waals surface area contributed by atoms with Crippen LogP contribution in [0, 0.1) is 18.3 Å². The van der Waals surface area contributed by atoms with Crippen LogP contribution in [-0.2, 0) is 20.2 Å². The monoisotopic (exact) mass is 461 g/mol. The first-order chi connectivity index (χ1) is 15.8. The summed E-state index contributed by atoms with van der Waals surface area (Å²) in [6, 6.07) is 22.5. The van der Waals surface area contributed by atoms with E-state index in [1.165, 1.54) is 24.3 Å². The number of hydrogen-bond donors (Lipinski definition) is 2. The number of carbonyl (C=O) groups excluding carboxylic acids is 1. The van der Waals surface area contributed by atoms with Gasteiger partial charge in [-0.2, -0.15) is 5.26 Å². The lowest BCUT2D eigenvalue weighted by Crippen LogP contribution is -2.20. The van der Waals surface area contributed by atoms with Crippen LogP contribution in [0.3, 0.4) is 0 Å². The Bertz CT molecular complexity index is 1290. The van der Waals surface area contributed by atoms with Gasteiger partial charge in [-0.3, -0.25) is 9.52 Å². The van der Waals surface area contributed by atoms with E-state index in [-0.39, 0.29) is 22.8 Å². The Balaban J connectivity index is 1.30. The second kappa shape index (κ2) is 8.96. The molecule has 7 nitrogen and oxygen atoms in total. The quantitative estimate of drug-likeness (QED) is 0.518. The molecule has 0 aliphatic heterocycles. The predicted octanol–water partition coefficient (Wildman–Crippen LogP) is 4.37. The van der Waals surface area contributed by atoms with Gasteiger partial charge in [0.2, 0.25) is 0 Å². The number of rotatable bonds is 8. The number of aryl methyl sites for hydroxylation is 1. The summed E-state index contributed by atoms with van der Waals surface area (Å²) in [4.78, 5) is 12.3. The Labute approximate surface area is 193 Å². The molecule has 1 aliphatic rings. The molecule has 1 saturated carbocycles. The normalized spacial score (nSPS) is 14.1. The standard InChI is InChI=1S/C25H23N3O4S/c1-18-2-6-21(7-3-18)28-33(30,31)23-12-10-22(11-13-23)32-16-24(29)27-20-8-4-19(5-9-20)25(17-26)14-15-25/h2-13,28H,14-16H2,1H3,(H,27,29). The van der Waals surface area contributed by atoms with Crippen LogP contribution in [0.5, 0.6) is 5.75 Å². The van der Waals surface area contributed by atoms with Crippen LogP contribution in [0.2, 0.25) is 0 Å². The van der Waals surface area contributed by atoms with E-state index in [1.807, 2.05) is 31.2 Å². The number of sulfonamides is 1. The Kier molecular flexibility index (Phi) is 6.07. The van der Waals surface area contributed by atoms with Crippen molar-refractivity contribution in [3.05, 3.63) is 83.9 Å². The van der Waals surface area contributed by atoms with Crippen molar-refractivity contribution < 1.29 is 17.9 Å². The number of benzene rings is 3. The fourth-order valence-electron chi connectivity index (χ4n) is 3.36. The van der Waals surface area contributed by atoms with Gasteiger partial charge in [0, 0.05) is 11.4 Å². The van der Waals surface area contributed by atoms with E-state index in [0.29, 0.717) is 17.1 Å². The van der Waals surface area contributed by atoms with E-state index in [2.05, 4.69) is 16.1 Å². The fourth-order valence-corrected chi connectivity index (χ4v) is 4.42. The molecule has 1 fully saturated rings. The van der Waals surface area contributed by atoms with Gasteiger partial charge >= 0.3 is 0 Å². The number of ether oxygens (including phenoxy) is 1. The summed E-state index contributed by atoms with van der Waals surface area (Å²) >= 11 is 0. The van der Waals surface area contributed by atoms with Crippen LogP contribution in [0.4, 0.5) is 11.4 Å². The molecular formula is C25H23N3O4S. The molecule has 168 valence electrons. The van der Waals surface area contributed by atoms with E-state index >= 15 is 0 Å². The number of nitriles is 1. The van der Waals surface area contributed by atoms with Crippen molar-refractivity contribution in [2.45, 2.75) is 30.1 Å². The van der Waals surface area contributed by atoms with E-state index < -0.39 is 10.0 Å². The van der Waals surface area contributed by atoms with Gasteiger partial charge in [0.15, 0.2) is 6.61 Å². The Hall–Kier alpha value is -3.83. The lowest BCUT2D eigenvalue weighted by Gasteiger charge is -2.11. The molecule has 2 N–H and O–H groups in total. The molecule has 1 amide bonds. The highest BCUT2D eigenvalue weighted by molar-refractivity contribution is 7.92. The van der Waals surface area contributed by atoms with Crippen molar-refractivity contribution in [2.75, 3.05) is 16.6 Å². The molecule has 0 aromatic heterocycles. The van der Waals surface area contributed by atoms with Gasteiger partial charge in [-0.1, -0.05) is 29.8 Å². The minimum absolute atomic E-state index is 0.0887. The van der Waals surface area contributed by atoms with Gasteiger partial charge in [0.05, 0.1) is 16.4 Å². The molecule has 4 rings (SSSR count). The van der Waals surface area contributed by atoms with Gasteiger partial charge in [0.25, 0.3) is 15.9 Å². The summed E-state index contributed by atoms with van der Waals surface area (Å²) in [5.74, 6) is 0.0291. The van der Waals surface area contributed by atoms with Crippen LogP contribution in [0.15, 0.2) is 77.7 Å². The zero-order chi connectivity index (χ0) is 23.5. The first kappa shape index (κ1) is 22.4. The van der Waals surface area contributed by atoms with Crippen molar-refractivity contribution in [1.29, 1.82) is 5.26 Å². The number of amides is 1. The molecule has 0 heterocycles. The zero-order valence-electron chi connectivity index (χ0n) is 18.0. The second-order valence-electron chi connectivity index (χ2n) is 8.05. The van der Waals surface area contributed by atoms with Crippen LogP contribution in [-0.4, -0.2) is 20.9 Å². The number of carbonyl (C=O) groups is 1. The smallest absolute Gasteiger partial charge is 0.262 e. The van der Waals surface area contributed by atoms with E-state index in [4.69, 9.17) is 4.74 Å². The summed E-state index contributed by atoms with van der Waals surface area (Å²) in [6.45, 7) is 1.70. The van der Waals surface area contributed by atoms with Crippen LogP contribution < -0.4 is 14.8 Å². The average Bonchev–Trinajstić information content (AvgIpc) is 3.61. The van der Waals surface area contributed by atoms with Gasteiger partial charge in [0.1, 0.15) is 5.75 Å². The molecule has 1 aliphatic carbocycles. The molecule has 33 heavy (non-hydrogen) atoms. The lowest BCUT2D eigenvalue weighted by molar-refractivity contribution is -0.118. The number of anilines is 2. The highest BCUT2D eigenvalue weighted by Gasteiger charge is 2.44. The molecular weight excluding hydrogens is 438 g/mol. The zero-order valence-corrected chi connectivity index (χ0v) is 18.9. The third kappa shape index (κ3) is 5.33. The number of nitrogens with one attached hydrogen (secondary N) is 2. The topological polar surface area (TPSA) is 108 Å².